The number of ether oxygens (including phenoxy) is 1. The van der Waals surface area contributed by atoms with Crippen molar-refractivity contribution >= 4 is 23.5 Å². The molecule has 0 saturated heterocycles. The number of methoxy groups -OCH3 is 1. The molecular formula is C16H14N4O6. The van der Waals surface area contributed by atoms with Gasteiger partial charge in [0.05, 0.1) is 35.7 Å². The lowest BCUT2D eigenvalue weighted by Gasteiger charge is -2.03. The lowest BCUT2D eigenvalue weighted by molar-refractivity contribution is -0.394. The third-order valence-corrected chi connectivity index (χ3v) is 3.32. The molecule has 0 aliphatic rings. The first-order chi connectivity index (χ1) is 12.4. The fourth-order valence-corrected chi connectivity index (χ4v) is 2.10. The number of nitro benzene ring substituents is 2. The molecule has 10 nitrogen and oxygen atoms in total. The van der Waals surface area contributed by atoms with Gasteiger partial charge in [-0.1, -0.05) is 12.1 Å². The van der Waals surface area contributed by atoms with E-state index < -0.39 is 27.1 Å². The molecule has 10 heteroatoms. The van der Waals surface area contributed by atoms with E-state index in [1.165, 1.54) is 19.4 Å². The van der Waals surface area contributed by atoms with E-state index in [4.69, 9.17) is 4.74 Å². The molecule has 0 fully saturated rings. The first-order valence-electron chi connectivity index (χ1n) is 7.28. The largest absolute Gasteiger partial charge is 0.497 e. The fraction of sp³-hybridized carbons (Fsp3) is 0.125. The van der Waals surface area contributed by atoms with E-state index >= 15 is 0 Å². The highest BCUT2D eigenvalue weighted by Gasteiger charge is 2.20. The molecular weight excluding hydrogens is 344 g/mol. The van der Waals surface area contributed by atoms with Crippen LogP contribution >= 0.6 is 0 Å². The second-order valence-electron chi connectivity index (χ2n) is 5.07. The Morgan fingerprint density at radius 1 is 1.19 bits per heavy atom. The van der Waals surface area contributed by atoms with E-state index in [1.807, 2.05) is 0 Å². The Labute approximate surface area is 147 Å². The zero-order chi connectivity index (χ0) is 19.1. The summed E-state index contributed by atoms with van der Waals surface area (Å²) in [5.74, 6) is 0.0304. The fourth-order valence-electron chi connectivity index (χ4n) is 2.10. The zero-order valence-electron chi connectivity index (χ0n) is 13.6. The summed E-state index contributed by atoms with van der Waals surface area (Å²) >= 11 is 0. The Morgan fingerprint density at radius 2 is 1.96 bits per heavy atom. The van der Waals surface area contributed by atoms with Crippen molar-refractivity contribution in [1.82, 2.24) is 5.43 Å². The molecule has 26 heavy (non-hydrogen) atoms. The van der Waals surface area contributed by atoms with Crippen LogP contribution in [0.3, 0.4) is 0 Å². The lowest BCUT2D eigenvalue weighted by atomic mass is 10.1. The molecule has 0 aromatic heterocycles. The van der Waals surface area contributed by atoms with Gasteiger partial charge in [0.15, 0.2) is 0 Å². The summed E-state index contributed by atoms with van der Waals surface area (Å²) in [7, 11) is 1.52. The minimum absolute atomic E-state index is 0.0506. The molecule has 2 aromatic rings. The van der Waals surface area contributed by atoms with Gasteiger partial charge in [0.1, 0.15) is 5.75 Å². The Bertz CT molecular complexity index is 881. The minimum Gasteiger partial charge on any atom is -0.497 e. The molecule has 2 aromatic carbocycles. The smallest absolute Gasteiger partial charge is 0.279 e. The maximum Gasteiger partial charge on any atom is 0.279 e. The number of nitro groups is 2. The minimum atomic E-state index is -0.769. The highest BCUT2D eigenvalue weighted by Crippen LogP contribution is 2.25. The van der Waals surface area contributed by atoms with Crippen LogP contribution in [0.5, 0.6) is 5.75 Å². The van der Waals surface area contributed by atoms with Gasteiger partial charge in [0, 0.05) is 11.6 Å². The zero-order valence-corrected chi connectivity index (χ0v) is 13.6. The molecule has 0 spiro atoms. The monoisotopic (exact) mass is 358 g/mol. The Balaban J connectivity index is 2.06. The highest BCUT2D eigenvalue weighted by atomic mass is 16.6. The van der Waals surface area contributed by atoms with Crippen LogP contribution in [-0.4, -0.2) is 29.1 Å². The Kier molecular flexibility index (Phi) is 5.93. The van der Waals surface area contributed by atoms with Gasteiger partial charge in [0.25, 0.3) is 11.4 Å². The number of hydrazone groups is 1. The van der Waals surface area contributed by atoms with Crippen LogP contribution in [0, 0.1) is 20.2 Å². The number of hydrogen-bond donors (Lipinski definition) is 1. The van der Waals surface area contributed by atoms with Crippen molar-refractivity contribution in [2.45, 2.75) is 6.42 Å². The van der Waals surface area contributed by atoms with Crippen molar-refractivity contribution in [3.63, 3.8) is 0 Å². The highest BCUT2D eigenvalue weighted by molar-refractivity contribution is 5.84. The Morgan fingerprint density at radius 3 is 2.62 bits per heavy atom. The summed E-state index contributed by atoms with van der Waals surface area (Å²) in [6.45, 7) is 0. The summed E-state index contributed by atoms with van der Waals surface area (Å²) in [6, 6.07) is 10.1. The number of nitrogens with zero attached hydrogens (tertiary/aromatic N) is 3. The molecule has 1 N–H and O–H groups in total. The summed E-state index contributed by atoms with van der Waals surface area (Å²) in [5, 5.41) is 25.5. The van der Waals surface area contributed by atoms with Crippen molar-refractivity contribution < 1.29 is 19.4 Å². The van der Waals surface area contributed by atoms with Gasteiger partial charge in [-0.25, -0.2) is 5.43 Å². The summed E-state index contributed by atoms with van der Waals surface area (Å²) in [4.78, 5) is 32.2. The number of hydrogen-bond acceptors (Lipinski definition) is 7. The number of nitrogens with one attached hydrogen (secondary N) is 1. The van der Waals surface area contributed by atoms with Crippen LogP contribution in [0.15, 0.2) is 47.6 Å². The molecule has 0 aliphatic heterocycles. The molecule has 0 aliphatic carbocycles. The average Bonchev–Trinajstić information content (AvgIpc) is 2.61. The number of non-ortho nitro benzene ring substituents is 1. The van der Waals surface area contributed by atoms with E-state index in [0.717, 1.165) is 12.1 Å². The second kappa shape index (κ2) is 8.33. The van der Waals surface area contributed by atoms with Crippen molar-refractivity contribution in [2.75, 3.05) is 7.11 Å². The summed E-state index contributed by atoms with van der Waals surface area (Å²) in [5.41, 5.74) is 2.08. The van der Waals surface area contributed by atoms with Gasteiger partial charge in [-0.05, 0) is 23.8 Å². The van der Waals surface area contributed by atoms with Crippen molar-refractivity contribution in [3.8, 4) is 5.75 Å². The van der Waals surface area contributed by atoms with Crippen molar-refractivity contribution in [2.24, 2.45) is 5.10 Å². The number of rotatable bonds is 7. The van der Waals surface area contributed by atoms with Crippen LogP contribution in [0.1, 0.15) is 11.1 Å². The third-order valence-electron chi connectivity index (χ3n) is 3.32. The van der Waals surface area contributed by atoms with E-state index in [1.54, 1.807) is 24.3 Å². The molecule has 0 atom stereocenters. The molecule has 0 saturated carbocycles. The molecule has 134 valence electrons. The van der Waals surface area contributed by atoms with E-state index in [9.17, 15) is 25.0 Å². The van der Waals surface area contributed by atoms with Gasteiger partial charge >= 0.3 is 0 Å². The molecule has 0 unspecified atom stereocenters. The summed E-state index contributed by atoms with van der Waals surface area (Å²) in [6.07, 6.45) is 1.05. The molecule has 0 heterocycles. The van der Waals surface area contributed by atoms with Crippen molar-refractivity contribution in [1.29, 1.82) is 0 Å². The SMILES string of the molecule is COc1cccc(C=NNC(=O)Cc2ccc([N+](=O)[O-])cc2[N+](=O)[O-])c1. The molecule has 2 rings (SSSR count). The van der Waals surface area contributed by atoms with Crippen LogP contribution in [-0.2, 0) is 11.2 Å². The Hall–Kier alpha value is -3.82. The number of carbonyl (C=O) groups is 1. The average molecular weight is 358 g/mol. The quantitative estimate of drug-likeness (QED) is 0.457. The van der Waals surface area contributed by atoms with E-state index in [-0.39, 0.29) is 12.0 Å². The number of amides is 1. The predicted molar refractivity (Wildman–Crippen MR) is 92.2 cm³/mol. The van der Waals surface area contributed by atoms with Gasteiger partial charge in [-0.15, -0.1) is 0 Å². The van der Waals surface area contributed by atoms with E-state index in [2.05, 4.69) is 10.5 Å². The lowest BCUT2D eigenvalue weighted by Crippen LogP contribution is -2.20. The van der Waals surface area contributed by atoms with Crippen molar-refractivity contribution in [3.05, 3.63) is 73.8 Å². The maximum absolute atomic E-state index is 11.9. The molecule has 0 bridgehead atoms. The third kappa shape index (κ3) is 4.84. The topological polar surface area (TPSA) is 137 Å². The maximum atomic E-state index is 11.9. The van der Waals surface area contributed by atoms with Crippen LogP contribution in [0.25, 0.3) is 0 Å². The standard InChI is InChI=1S/C16H14N4O6/c1-26-14-4-2-3-11(7-14)10-17-18-16(21)8-12-5-6-13(19(22)23)9-15(12)20(24)25/h2-7,9-10H,8H2,1H3,(H,18,21). The van der Waals surface area contributed by atoms with Crippen LogP contribution in [0.2, 0.25) is 0 Å². The molecule has 0 radical (unpaired) electrons. The van der Waals surface area contributed by atoms with Gasteiger partial charge in [0.2, 0.25) is 5.91 Å². The van der Waals surface area contributed by atoms with Crippen LogP contribution in [0.4, 0.5) is 11.4 Å². The first-order valence-corrected chi connectivity index (χ1v) is 7.28. The van der Waals surface area contributed by atoms with Gasteiger partial charge < -0.3 is 4.74 Å². The van der Waals surface area contributed by atoms with Crippen LogP contribution < -0.4 is 10.2 Å². The normalized spacial score (nSPS) is 10.5. The van der Waals surface area contributed by atoms with E-state index in [0.29, 0.717) is 11.3 Å². The first kappa shape index (κ1) is 18.5. The van der Waals surface area contributed by atoms with Gasteiger partial charge in [-0.2, -0.15) is 5.10 Å². The summed E-state index contributed by atoms with van der Waals surface area (Å²) < 4.78 is 5.06. The predicted octanol–water partition coefficient (Wildman–Crippen LogP) is 2.20. The second-order valence-corrected chi connectivity index (χ2v) is 5.07. The number of benzene rings is 2. The molecule has 1 amide bonds. The van der Waals surface area contributed by atoms with Gasteiger partial charge in [-0.3, -0.25) is 25.0 Å². The number of carbonyl (C=O) groups excluding carboxylic acids is 1.